The average Bonchev–Trinajstić information content (AvgIpc) is 2.38. The van der Waals surface area contributed by atoms with Crippen LogP contribution in [0, 0.1) is 5.82 Å². The molecule has 0 aromatic heterocycles. The highest BCUT2D eigenvalue weighted by Crippen LogP contribution is 2.22. The van der Waals surface area contributed by atoms with Crippen LogP contribution in [-0.4, -0.2) is 37.0 Å². The summed E-state index contributed by atoms with van der Waals surface area (Å²) < 4.78 is 13.1. The normalized spacial score (nSPS) is 15.9. The van der Waals surface area contributed by atoms with E-state index in [0.717, 1.165) is 24.3 Å². The van der Waals surface area contributed by atoms with Gasteiger partial charge in [0.25, 0.3) is 0 Å². The molecule has 1 aliphatic rings. The molecule has 0 radical (unpaired) electrons. The highest BCUT2D eigenvalue weighted by molar-refractivity contribution is 5.73. The Morgan fingerprint density at radius 2 is 2.00 bits per heavy atom. The van der Waals surface area contributed by atoms with Gasteiger partial charge in [0.15, 0.2) is 0 Å². The molecule has 0 saturated carbocycles. The van der Waals surface area contributed by atoms with Crippen LogP contribution in [0.1, 0.15) is 12.5 Å². The molecule has 2 rings (SSSR count). The topological polar surface area (TPSA) is 49.6 Å². The number of nitrogens with zero attached hydrogens (tertiary/aromatic N) is 2. The van der Waals surface area contributed by atoms with Gasteiger partial charge in [-0.3, -0.25) is 4.79 Å². The lowest BCUT2D eigenvalue weighted by Crippen LogP contribution is -2.48. The predicted molar refractivity (Wildman–Crippen MR) is 68.8 cm³/mol. The maximum absolute atomic E-state index is 13.1. The van der Waals surface area contributed by atoms with Crippen LogP contribution in [-0.2, 0) is 11.3 Å². The molecule has 1 fully saturated rings. The molecule has 2 N–H and O–H groups in total. The van der Waals surface area contributed by atoms with E-state index in [0.29, 0.717) is 19.6 Å². The third-order valence-corrected chi connectivity index (χ3v) is 3.33. The van der Waals surface area contributed by atoms with Crippen LogP contribution in [0.2, 0.25) is 0 Å². The standard InChI is InChI=1S/C13H18FN3O/c1-10(18)16-4-6-17(7-5-16)13-3-2-12(14)8-11(13)9-15/h2-3,8H,4-7,9,15H2,1H3. The van der Waals surface area contributed by atoms with Crippen LogP contribution < -0.4 is 10.6 Å². The molecule has 1 amide bonds. The minimum Gasteiger partial charge on any atom is -0.368 e. The van der Waals surface area contributed by atoms with Crippen molar-refractivity contribution in [1.29, 1.82) is 0 Å². The van der Waals surface area contributed by atoms with Gasteiger partial charge in [-0.1, -0.05) is 0 Å². The van der Waals surface area contributed by atoms with Crippen molar-refractivity contribution in [3.8, 4) is 0 Å². The predicted octanol–water partition coefficient (Wildman–Crippen LogP) is 0.953. The van der Waals surface area contributed by atoms with Crippen molar-refractivity contribution < 1.29 is 9.18 Å². The summed E-state index contributed by atoms with van der Waals surface area (Å²) in [5, 5.41) is 0. The molecule has 4 nitrogen and oxygen atoms in total. The fraction of sp³-hybridized carbons (Fsp3) is 0.462. The van der Waals surface area contributed by atoms with Gasteiger partial charge in [0.05, 0.1) is 0 Å². The summed E-state index contributed by atoms with van der Waals surface area (Å²) >= 11 is 0. The quantitative estimate of drug-likeness (QED) is 0.851. The van der Waals surface area contributed by atoms with Gasteiger partial charge >= 0.3 is 0 Å². The first kappa shape index (κ1) is 12.8. The number of carbonyl (C=O) groups is 1. The third-order valence-electron chi connectivity index (χ3n) is 3.33. The van der Waals surface area contributed by atoms with E-state index in [4.69, 9.17) is 5.73 Å². The van der Waals surface area contributed by atoms with Crippen LogP contribution in [0.5, 0.6) is 0 Å². The molecular weight excluding hydrogens is 233 g/mol. The molecule has 18 heavy (non-hydrogen) atoms. The van der Waals surface area contributed by atoms with Gasteiger partial charge in [-0.25, -0.2) is 4.39 Å². The van der Waals surface area contributed by atoms with Crippen molar-refractivity contribution in [3.05, 3.63) is 29.6 Å². The zero-order chi connectivity index (χ0) is 13.1. The minimum atomic E-state index is -0.262. The Morgan fingerprint density at radius 3 is 2.56 bits per heavy atom. The summed E-state index contributed by atoms with van der Waals surface area (Å²) in [5.41, 5.74) is 7.43. The second-order valence-corrected chi connectivity index (χ2v) is 4.47. The number of piperazine rings is 1. The first-order chi connectivity index (χ1) is 8.61. The van der Waals surface area contributed by atoms with E-state index < -0.39 is 0 Å². The smallest absolute Gasteiger partial charge is 0.219 e. The van der Waals surface area contributed by atoms with Gasteiger partial charge in [0, 0.05) is 45.3 Å². The summed E-state index contributed by atoms with van der Waals surface area (Å²) in [4.78, 5) is 15.2. The molecule has 1 saturated heterocycles. The van der Waals surface area contributed by atoms with E-state index in [9.17, 15) is 9.18 Å². The summed E-state index contributed by atoms with van der Waals surface area (Å²) in [6, 6.07) is 4.69. The SMILES string of the molecule is CC(=O)N1CCN(c2ccc(F)cc2CN)CC1. The van der Waals surface area contributed by atoms with E-state index in [2.05, 4.69) is 4.90 Å². The van der Waals surface area contributed by atoms with Gasteiger partial charge in [-0.15, -0.1) is 0 Å². The number of rotatable bonds is 2. The van der Waals surface area contributed by atoms with Gasteiger partial charge < -0.3 is 15.5 Å². The van der Waals surface area contributed by atoms with Crippen molar-refractivity contribution in [2.45, 2.75) is 13.5 Å². The van der Waals surface area contributed by atoms with E-state index in [1.54, 1.807) is 13.0 Å². The number of anilines is 1. The molecule has 98 valence electrons. The molecule has 1 aliphatic heterocycles. The van der Waals surface area contributed by atoms with Crippen molar-refractivity contribution in [2.75, 3.05) is 31.1 Å². The largest absolute Gasteiger partial charge is 0.368 e. The van der Waals surface area contributed by atoms with Gasteiger partial charge in [0.1, 0.15) is 5.82 Å². The van der Waals surface area contributed by atoms with Gasteiger partial charge in [0.2, 0.25) is 5.91 Å². The van der Waals surface area contributed by atoms with Crippen molar-refractivity contribution in [2.24, 2.45) is 5.73 Å². The number of amides is 1. The number of carbonyl (C=O) groups excluding carboxylic acids is 1. The van der Waals surface area contributed by atoms with Crippen LogP contribution in [0.15, 0.2) is 18.2 Å². The second-order valence-electron chi connectivity index (χ2n) is 4.47. The Labute approximate surface area is 106 Å². The highest BCUT2D eigenvalue weighted by Gasteiger charge is 2.20. The molecule has 0 bridgehead atoms. The monoisotopic (exact) mass is 251 g/mol. The lowest BCUT2D eigenvalue weighted by molar-refractivity contribution is -0.129. The highest BCUT2D eigenvalue weighted by atomic mass is 19.1. The average molecular weight is 251 g/mol. The Morgan fingerprint density at radius 1 is 1.33 bits per heavy atom. The van der Waals surface area contributed by atoms with E-state index in [1.807, 2.05) is 4.90 Å². The molecule has 0 atom stereocenters. The van der Waals surface area contributed by atoms with Crippen LogP contribution >= 0.6 is 0 Å². The first-order valence-corrected chi connectivity index (χ1v) is 6.11. The summed E-state index contributed by atoms with van der Waals surface area (Å²) in [5.74, 6) is -0.158. The first-order valence-electron chi connectivity index (χ1n) is 6.11. The Balaban J connectivity index is 2.12. The fourth-order valence-corrected chi connectivity index (χ4v) is 2.29. The molecule has 1 aromatic rings. The van der Waals surface area contributed by atoms with Crippen LogP contribution in [0.3, 0.4) is 0 Å². The third kappa shape index (κ3) is 2.61. The maximum Gasteiger partial charge on any atom is 0.219 e. The van der Waals surface area contributed by atoms with Gasteiger partial charge in [-0.05, 0) is 23.8 Å². The van der Waals surface area contributed by atoms with Crippen molar-refractivity contribution in [1.82, 2.24) is 4.90 Å². The van der Waals surface area contributed by atoms with Crippen LogP contribution in [0.25, 0.3) is 0 Å². The number of hydrogen-bond donors (Lipinski definition) is 1. The minimum absolute atomic E-state index is 0.104. The number of halogens is 1. The van der Waals surface area contributed by atoms with E-state index >= 15 is 0 Å². The van der Waals surface area contributed by atoms with E-state index in [-0.39, 0.29) is 11.7 Å². The van der Waals surface area contributed by atoms with Gasteiger partial charge in [-0.2, -0.15) is 0 Å². The molecule has 1 heterocycles. The van der Waals surface area contributed by atoms with Crippen molar-refractivity contribution in [3.63, 3.8) is 0 Å². The molecule has 0 aliphatic carbocycles. The maximum atomic E-state index is 13.1. The number of hydrogen-bond acceptors (Lipinski definition) is 3. The lowest BCUT2D eigenvalue weighted by atomic mass is 10.1. The lowest BCUT2D eigenvalue weighted by Gasteiger charge is -2.36. The van der Waals surface area contributed by atoms with E-state index in [1.165, 1.54) is 12.1 Å². The Kier molecular flexibility index (Phi) is 3.81. The molecule has 0 unspecified atom stereocenters. The molecule has 5 heteroatoms. The number of nitrogens with two attached hydrogens (primary N) is 1. The molecular formula is C13H18FN3O. The van der Waals surface area contributed by atoms with Crippen molar-refractivity contribution >= 4 is 11.6 Å². The molecule has 0 spiro atoms. The zero-order valence-electron chi connectivity index (χ0n) is 10.5. The van der Waals surface area contributed by atoms with Crippen LogP contribution in [0.4, 0.5) is 10.1 Å². The summed E-state index contributed by atoms with van der Waals surface area (Å²) in [6.45, 7) is 4.84. The molecule has 1 aromatic carbocycles. The Bertz CT molecular complexity index is 442. The number of benzene rings is 1. The Hall–Kier alpha value is -1.62. The second kappa shape index (κ2) is 5.35. The fourth-order valence-electron chi connectivity index (χ4n) is 2.29. The summed E-state index contributed by atoms with van der Waals surface area (Å²) in [6.07, 6.45) is 0. The zero-order valence-corrected chi connectivity index (χ0v) is 10.5. The summed E-state index contributed by atoms with van der Waals surface area (Å²) in [7, 11) is 0.